The molecular weight excluding hydrogens is 298 g/mol. The normalized spacial score (nSPS) is 19.8. The van der Waals surface area contributed by atoms with Crippen LogP contribution in [0.4, 0.5) is 0 Å². The number of fused-ring (bicyclic) bond motifs is 1. The molecule has 2 aromatic rings. The monoisotopic (exact) mass is 320 g/mol. The van der Waals surface area contributed by atoms with Gasteiger partial charge >= 0.3 is 0 Å². The van der Waals surface area contributed by atoms with Crippen LogP contribution in [0, 0.1) is 0 Å². The van der Waals surface area contributed by atoms with Crippen molar-refractivity contribution in [3.05, 3.63) is 71.3 Å². The molecule has 1 amide bonds. The smallest absolute Gasteiger partial charge is 0.297 e. The minimum atomic E-state index is 0.135. The molecule has 2 aliphatic rings. The van der Waals surface area contributed by atoms with Crippen LogP contribution in [0.25, 0.3) is 0 Å². The third kappa shape index (κ3) is 3.10. The lowest BCUT2D eigenvalue weighted by Gasteiger charge is -2.26. The lowest BCUT2D eigenvalue weighted by molar-refractivity contribution is -0.908. The Morgan fingerprint density at radius 2 is 1.75 bits per heavy atom. The molecule has 4 heteroatoms. The van der Waals surface area contributed by atoms with Gasteiger partial charge in [-0.3, -0.25) is 4.79 Å². The van der Waals surface area contributed by atoms with Gasteiger partial charge in [0.15, 0.2) is 6.54 Å². The number of benzene rings is 2. The molecule has 4 nitrogen and oxygen atoms in total. The van der Waals surface area contributed by atoms with Crippen LogP contribution in [-0.4, -0.2) is 36.3 Å². The SMILES string of the molecule is O=C(C[NH+]1CCc2ccccc2C1)N1CCC(c2ccccc2)=N1. The largest absolute Gasteiger partial charge is 0.323 e. The van der Waals surface area contributed by atoms with E-state index in [1.165, 1.54) is 16.0 Å². The molecule has 122 valence electrons. The maximum atomic E-state index is 12.6. The van der Waals surface area contributed by atoms with Crippen LogP contribution in [0.15, 0.2) is 59.7 Å². The number of rotatable bonds is 3. The summed E-state index contributed by atoms with van der Waals surface area (Å²) in [6.45, 7) is 3.18. The molecule has 2 heterocycles. The summed E-state index contributed by atoms with van der Waals surface area (Å²) in [6, 6.07) is 18.7. The molecule has 0 saturated carbocycles. The molecule has 2 aliphatic heterocycles. The van der Waals surface area contributed by atoms with Crippen LogP contribution in [0.1, 0.15) is 23.1 Å². The maximum Gasteiger partial charge on any atom is 0.297 e. The average molecular weight is 320 g/mol. The molecule has 0 fully saturated rings. The number of amides is 1. The summed E-state index contributed by atoms with van der Waals surface area (Å²) < 4.78 is 0. The standard InChI is InChI=1S/C20H21N3O/c24-20(15-22-12-10-16-6-4-5-9-18(16)14-22)23-13-11-19(21-23)17-7-2-1-3-8-17/h1-9H,10-15H2/p+1. The zero-order chi connectivity index (χ0) is 16.4. The summed E-state index contributed by atoms with van der Waals surface area (Å²) in [5.41, 5.74) is 4.94. The van der Waals surface area contributed by atoms with Crippen molar-refractivity contribution in [1.29, 1.82) is 0 Å². The minimum absolute atomic E-state index is 0.135. The number of hydrogen-bond acceptors (Lipinski definition) is 2. The maximum absolute atomic E-state index is 12.6. The van der Waals surface area contributed by atoms with Gasteiger partial charge in [-0.2, -0.15) is 5.10 Å². The van der Waals surface area contributed by atoms with Crippen molar-refractivity contribution in [1.82, 2.24) is 5.01 Å². The van der Waals surface area contributed by atoms with E-state index in [1.807, 2.05) is 18.2 Å². The Hall–Kier alpha value is -2.46. The summed E-state index contributed by atoms with van der Waals surface area (Å²) in [5.74, 6) is 0.135. The van der Waals surface area contributed by atoms with Crippen molar-refractivity contribution in [2.75, 3.05) is 19.6 Å². The second kappa shape index (κ2) is 6.57. The van der Waals surface area contributed by atoms with Crippen LogP contribution in [0.3, 0.4) is 0 Å². The van der Waals surface area contributed by atoms with Crippen molar-refractivity contribution in [3.8, 4) is 0 Å². The fourth-order valence-electron chi connectivity index (χ4n) is 3.57. The van der Waals surface area contributed by atoms with Crippen LogP contribution >= 0.6 is 0 Å². The van der Waals surface area contributed by atoms with Gasteiger partial charge in [0.05, 0.1) is 18.8 Å². The van der Waals surface area contributed by atoms with Crippen molar-refractivity contribution in [2.45, 2.75) is 19.4 Å². The highest BCUT2D eigenvalue weighted by Gasteiger charge is 2.27. The molecule has 0 aromatic heterocycles. The van der Waals surface area contributed by atoms with Gasteiger partial charge in [0.2, 0.25) is 0 Å². The number of nitrogens with zero attached hydrogens (tertiary/aromatic N) is 2. The van der Waals surface area contributed by atoms with Crippen molar-refractivity contribution in [2.24, 2.45) is 5.10 Å². The zero-order valence-electron chi connectivity index (χ0n) is 13.7. The quantitative estimate of drug-likeness (QED) is 0.908. The highest BCUT2D eigenvalue weighted by Crippen LogP contribution is 2.14. The van der Waals surface area contributed by atoms with E-state index in [9.17, 15) is 4.79 Å². The Kier molecular flexibility index (Phi) is 4.13. The van der Waals surface area contributed by atoms with Gasteiger partial charge in [-0.1, -0.05) is 54.6 Å². The van der Waals surface area contributed by atoms with E-state index in [2.05, 4.69) is 41.5 Å². The Balaban J connectivity index is 1.40. The van der Waals surface area contributed by atoms with Crippen LogP contribution in [-0.2, 0) is 17.8 Å². The van der Waals surface area contributed by atoms with Crippen molar-refractivity contribution in [3.63, 3.8) is 0 Å². The summed E-state index contributed by atoms with van der Waals surface area (Å²) in [6.07, 6.45) is 1.89. The summed E-state index contributed by atoms with van der Waals surface area (Å²) in [4.78, 5) is 13.9. The Morgan fingerprint density at radius 3 is 2.58 bits per heavy atom. The molecule has 1 unspecified atom stereocenters. The highest BCUT2D eigenvalue weighted by molar-refractivity contribution is 6.02. The van der Waals surface area contributed by atoms with E-state index >= 15 is 0 Å². The van der Waals surface area contributed by atoms with Crippen molar-refractivity contribution < 1.29 is 9.69 Å². The number of hydrogen-bond donors (Lipinski definition) is 1. The predicted molar refractivity (Wildman–Crippen MR) is 93.9 cm³/mol. The zero-order valence-corrected chi connectivity index (χ0v) is 13.7. The number of carbonyl (C=O) groups excluding carboxylic acids is 1. The second-order valence-corrected chi connectivity index (χ2v) is 6.55. The summed E-state index contributed by atoms with van der Waals surface area (Å²) in [5, 5.41) is 6.22. The van der Waals surface area contributed by atoms with E-state index < -0.39 is 0 Å². The van der Waals surface area contributed by atoms with E-state index in [0.29, 0.717) is 13.1 Å². The molecule has 0 bridgehead atoms. The van der Waals surface area contributed by atoms with Crippen LogP contribution in [0.5, 0.6) is 0 Å². The fourth-order valence-corrected chi connectivity index (χ4v) is 3.57. The molecule has 1 atom stereocenters. The third-order valence-electron chi connectivity index (χ3n) is 4.90. The molecule has 0 radical (unpaired) electrons. The van der Waals surface area contributed by atoms with Gasteiger partial charge in [0.25, 0.3) is 5.91 Å². The molecule has 4 rings (SSSR count). The van der Waals surface area contributed by atoms with Gasteiger partial charge in [-0.05, 0) is 11.1 Å². The molecule has 0 aliphatic carbocycles. The Bertz CT molecular complexity index is 769. The lowest BCUT2D eigenvalue weighted by Crippen LogP contribution is -3.12. The predicted octanol–water partition coefficient (Wildman–Crippen LogP) is 1.26. The first-order chi connectivity index (χ1) is 11.8. The first kappa shape index (κ1) is 15.1. The number of quaternary nitrogens is 1. The van der Waals surface area contributed by atoms with Crippen molar-refractivity contribution >= 4 is 11.6 Å². The molecule has 2 aromatic carbocycles. The molecule has 0 saturated heterocycles. The number of nitrogens with one attached hydrogen (secondary N) is 1. The Labute approximate surface area is 142 Å². The van der Waals surface area contributed by atoms with E-state index in [0.717, 1.165) is 37.2 Å². The lowest BCUT2D eigenvalue weighted by atomic mass is 10.00. The molecular formula is C20H22N3O+. The van der Waals surface area contributed by atoms with Crippen LogP contribution < -0.4 is 4.90 Å². The third-order valence-corrected chi connectivity index (χ3v) is 4.90. The minimum Gasteiger partial charge on any atom is -0.323 e. The number of hydrazone groups is 1. The molecule has 1 N–H and O–H groups in total. The Morgan fingerprint density at radius 1 is 1.00 bits per heavy atom. The van der Waals surface area contributed by atoms with Gasteiger partial charge < -0.3 is 4.90 Å². The topological polar surface area (TPSA) is 37.1 Å². The number of carbonyl (C=O) groups is 1. The van der Waals surface area contributed by atoms with E-state index in [1.54, 1.807) is 5.01 Å². The fraction of sp³-hybridized carbons (Fsp3) is 0.300. The first-order valence-corrected chi connectivity index (χ1v) is 8.63. The average Bonchev–Trinajstić information content (AvgIpc) is 3.13. The highest BCUT2D eigenvalue weighted by atomic mass is 16.2. The van der Waals surface area contributed by atoms with Gasteiger partial charge in [0.1, 0.15) is 6.54 Å². The van der Waals surface area contributed by atoms with Crippen LogP contribution in [0.2, 0.25) is 0 Å². The van der Waals surface area contributed by atoms with Gasteiger partial charge in [-0.25, -0.2) is 5.01 Å². The summed E-state index contributed by atoms with van der Waals surface area (Å²) in [7, 11) is 0. The molecule has 0 spiro atoms. The summed E-state index contributed by atoms with van der Waals surface area (Å²) >= 11 is 0. The van der Waals surface area contributed by atoms with E-state index in [-0.39, 0.29) is 5.91 Å². The van der Waals surface area contributed by atoms with E-state index in [4.69, 9.17) is 0 Å². The van der Waals surface area contributed by atoms with Gasteiger partial charge in [-0.15, -0.1) is 0 Å². The van der Waals surface area contributed by atoms with Gasteiger partial charge in [0, 0.05) is 18.4 Å². The first-order valence-electron chi connectivity index (χ1n) is 8.63. The molecule has 24 heavy (non-hydrogen) atoms. The second-order valence-electron chi connectivity index (χ2n) is 6.55.